The summed E-state index contributed by atoms with van der Waals surface area (Å²) in [6.07, 6.45) is 7.75. The molecule has 1 saturated heterocycles. The minimum atomic E-state index is -0.0735. The van der Waals surface area contributed by atoms with Gasteiger partial charge < -0.3 is 15.5 Å². The second-order valence-corrected chi connectivity index (χ2v) is 7.88. The Morgan fingerprint density at radius 3 is 2.38 bits per heavy atom. The molecule has 2 amide bonds. The number of carbonyl (C=O) groups is 2. The van der Waals surface area contributed by atoms with Crippen molar-refractivity contribution in [1.82, 2.24) is 5.32 Å². The molecule has 0 atom stereocenters. The van der Waals surface area contributed by atoms with Gasteiger partial charge in [0.1, 0.15) is 0 Å². The van der Waals surface area contributed by atoms with Crippen LogP contribution in [0.2, 0.25) is 0 Å². The molecule has 2 fully saturated rings. The lowest BCUT2D eigenvalue weighted by atomic mass is 9.88. The molecular formula is C21H31N3O2. The third-order valence-electron chi connectivity index (χ3n) is 5.35. The summed E-state index contributed by atoms with van der Waals surface area (Å²) in [6, 6.07) is 5.83. The van der Waals surface area contributed by atoms with Gasteiger partial charge in [0.05, 0.1) is 5.56 Å². The van der Waals surface area contributed by atoms with E-state index in [-0.39, 0.29) is 23.8 Å². The number of anilines is 2. The maximum atomic E-state index is 12.7. The van der Waals surface area contributed by atoms with Gasteiger partial charge in [-0.1, -0.05) is 19.3 Å². The van der Waals surface area contributed by atoms with Crippen LogP contribution in [0.4, 0.5) is 11.4 Å². The van der Waals surface area contributed by atoms with Gasteiger partial charge in [-0.25, -0.2) is 0 Å². The maximum Gasteiger partial charge on any atom is 0.253 e. The maximum absolute atomic E-state index is 12.7. The summed E-state index contributed by atoms with van der Waals surface area (Å²) in [5.74, 6) is 0.124. The van der Waals surface area contributed by atoms with Crippen LogP contribution in [0, 0.1) is 5.92 Å². The standard InChI is InChI=1S/C21H31N3O2/c1-15(2)22-21(26)18-14-17(10-11-19(18)24-12-6-7-13-24)23-20(25)16-8-4-3-5-9-16/h10-11,14-16H,3-9,12-13H2,1-2H3,(H,22,26)(H,23,25). The van der Waals surface area contributed by atoms with Gasteiger partial charge in [0.25, 0.3) is 5.91 Å². The first kappa shape index (κ1) is 18.7. The first-order chi connectivity index (χ1) is 12.5. The number of rotatable bonds is 5. The van der Waals surface area contributed by atoms with Gasteiger partial charge in [-0.15, -0.1) is 0 Å². The lowest BCUT2D eigenvalue weighted by Crippen LogP contribution is -2.32. The molecule has 1 aliphatic carbocycles. The molecule has 2 aliphatic rings. The van der Waals surface area contributed by atoms with Crippen molar-refractivity contribution in [2.24, 2.45) is 5.92 Å². The molecule has 1 saturated carbocycles. The Morgan fingerprint density at radius 1 is 1.04 bits per heavy atom. The molecule has 5 nitrogen and oxygen atoms in total. The molecule has 2 N–H and O–H groups in total. The van der Waals surface area contributed by atoms with Crippen LogP contribution < -0.4 is 15.5 Å². The van der Waals surface area contributed by atoms with E-state index in [1.807, 2.05) is 32.0 Å². The van der Waals surface area contributed by atoms with E-state index in [0.29, 0.717) is 5.56 Å². The number of benzene rings is 1. The Hall–Kier alpha value is -2.04. The Morgan fingerprint density at radius 2 is 1.73 bits per heavy atom. The van der Waals surface area contributed by atoms with Gasteiger partial charge in [0.15, 0.2) is 0 Å². The molecule has 5 heteroatoms. The predicted octanol–water partition coefficient (Wildman–Crippen LogP) is 3.94. The first-order valence-electron chi connectivity index (χ1n) is 10.1. The number of hydrogen-bond donors (Lipinski definition) is 2. The fourth-order valence-corrected chi connectivity index (χ4v) is 3.98. The molecule has 1 heterocycles. The van der Waals surface area contributed by atoms with E-state index in [1.54, 1.807) is 0 Å². The van der Waals surface area contributed by atoms with E-state index in [9.17, 15) is 9.59 Å². The van der Waals surface area contributed by atoms with Crippen molar-refractivity contribution in [3.05, 3.63) is 23.8 Å². The lowest BCUT2D eigenvalue weighted by molar-refractivity contribution is -0.120. The first-order valence-corrected chi connectivity index (χ1v) is 10.1. The second kappa shape index (κ2) is 8.56. The summed E-state index contributed by atoms with van der Waals surface area (Å²) in [5.41, 5.74) is 2.34. The zero-order valence-electron chi connectivity index (χ0n) is 16.0. The van der Waals surface area contributed by atoms with E-state index in [0.717, 1.165) is 63.0 Å². The summed E-state index contributed by atoms with van der Waals surface area (Å²) in [4.78, 5) is 27.5. The Bertz CT molecular complexity index is 645. The number of amides is 2. The predicted molar refractivity (Wildman–Crippen MR) is 106 cm³/mol. The minimum Gasteiger partial charge on any atom is -0.371 e. The molecule has 0 unspecified atom stereocenters. The molecule has 1 aliphatic heterocycles. The number of nitrogens with zero attached hydrogens (tertiary/aromatic N) is 1. The van der Waals surface area contributed by atoms with Gasteiger partial charge >= 0.3 is 0 Å². The minimum absolute atomic E-state index is 0.0735. The average molecular weight is 357 g/mol. The van der Waals surface area contributed by atoms with E-state index in [1.165, 1.54) is 6.42 Å². The molecule has 1 aromatic rings. The van der Waals surface area contributed by atoms with Gasteiger partial charge in [-0.05, 0) is 57.7 Å². The molecule has 0 aromatic heterocycles. The Kier molecular flexibility index (Phi) is 6.17. The van der Waals surface area contributed by atoms with Crippen LogP contribution in [0.5, 0.6) is 0 Å². The molecule has 142 valence electrons. The van der Waals surface area contributed by atoms with Crippen LogP contribution in [0.25, 0.3) is 0 Å². The van der Waals surface area contributed by atoms with Crippen molar-refractivity contribution in [2.45, 2.75) is 64.8 Å². The number of hydrogen-bond acceptors (Lipinski definition) is 3. The van der Waals surface area contributed by atoms with Crippen LogP contribution in [-0.2, 0) is 4.79 Å². The van der Waals surface area contributed by atoms with Gasteiger partial charge in [0.2, 0.25) is 5.91 Å². The quantitative estimate of drug-likeness (QED) is 0.839. The van der Waals surface area contributed by atoms with Crippen LogP contribution in [0.15, 0.2) is 18.2 Å². The summed E-state index contributed by atoms with van der Waals surface area (Å²) < 4.78 is 0. The number of carbonyl (C=O) groups excluding carboxylic acids is 2. The van der Waals surface area contributed by atoms with Crippen LogP contribution >= 0.6 is 0 Å². The second-order valence-electron chi connectivity index (χ2n) is 7.88. The van der Waals surface area contributed by atoms with Crippen molar-refractivity contribution >= 4 is 23.2 Å². The average Bonchev–Trinajstić information content (AvgIpc) is 3.16. The highest BCUT2D eigenvalue weighted by Gasteiger charge is 2.23. The van der Waals surface area contributed by atoms with Crippen LogP contribution in [-0.4, -0.2) is 30.9 Å². The smallest absolute Gasteiger partial charge is 0.253 e. The third-order valence-corrected chi connectivity index (χ3v) is 5.35. The third kappa shape index (κ3) is 4.57. The van der Waals surface area contributed by atoms with Crippen LogP contribution in [0.1, 0.15) is 69.2 Å². The SMILES string of the molecule is CC(C)NC(=O)c1cc(NC(=O)C2CCCCC2)ccc1N1CCCC1. The highest BCUT2D eigenvalue weighted by Crippen LogP contribution is 2.29. The molecule has 0 bridgehead atoms. The fraction of sp³-hybridized carbons (Fsp3) is 0.619. The van der Waals surface area contributed by atoms with Crippen molar-refractivity contribution in [1.29, 1.82) is 0 Å². The van der Waals surface area contributed by atoms with Crippen LogP contribution in [0.3, 0.4) is 0 Å². The molecule has 3 rings (SSSR count). The van der Waals surface area contributed by atoms with Gasteiger partial charge in [-0.2, -0.15) is 0 Å². The van der Waals surface area contributed by atoms with Crippen molar-refractivity contribution < 1.29 is 9.59 Å². The summed E-state index contributed by atoms with van der Waals surface area (Å²) >= 11 is 0. The van der Waals surface area contributed by atoms with Crippen molar-refractivity contribution in [2.75, 3.05) is 23.3 Å². The summed E-state index contributed by atoms with van der Waals surface area (Å²) in [5, 5.41) is 6.03. The van der Waals surface area contributed by atoms with E-state index >= 15 is 0 Å². The van der Waals surface area contributed by atoms with Gasteiger partial charge in [0, 0.05) is 36.4 Å². The summed E-state index contributed by atoms with van der Waals surface area (Å²) in [6.45, 7) is 5.88. The lowest BCUT2D eigenvalue weighted by Gasteiger charge is -2.24. The van der Waals surface area contributed by atoms with E-state index in [2.05, 4.69) is 15.5 Å². The number of nitrogens with one attached hydrogen (secondary N) is 2. The highest BCUT2D eigenvalue weighted by atomic mass is 16.2. The highest BCUT2D eigenvalue weighted by molar-refractivity contribution is 6.02. The van der Waals surface area contributed by atoms with E-state index < -0.39 is 0 Å². The van der Waals surface area contributed by atoms with Crippen molar-refractivity contribution in [3.63, 3.8) is 0 Å². The monoisotopic (exact) mass is 357 g/mol. The fourth-order valence-electron chi connectivity index (χ4n) is 3.98. The molecule has 1 aromatic carbocycles. The van der Waals surface area contributed by atoms with Crippen molar-refractivity contribution in [3.8, 4) is 0 Å². The summed E-state index contributed by atoms with van der Waals surface area (Å²) in [7, 11) is 0. The van der Waals surface area contributed by atoms with E-state index in [4.69, 9.17) is 0 Å². The molecular weight excluding hydrogens is 326 g/mol. The molecule has 26 heavy (non-hydrogen) atoms. The zero-order valence-corrected chi connectivity index (χ0v) is 16.0. The Balaban J connectivity index is 1.80. The zero-order chi connectivity index (χ0) is 18.5. The molecule has 0 radical (unpaired) electrons. The molecule has 0 spiro atoms. The van der Waals surface area contributed by atoms with Gasteiger partial charge in [-0.3, -0.25) is 9.59 Å². The normalized spacial score (nSPS) is 18.2. The topological polar surface area (TPSA) is 61.4 Å². The largest absolute Gasteiger partial charge is 0.371 e. The Labute approximate surface area is 156 Å².